The van der Waals surface area contributed by atoms with Crippen molar-refractivity contribution in [2.45, 2.75) is 58.1 Å². The number of ether oxygens (including phenoxy) is 2. The molecule has 41 heavy (non-hydrogen) atoms. The van der Waals surface area contributed by atoms with Crippen LogP contribution in [0.2, 0.25) is 10.0 Å². The molecule has 3 rings (SSSR count). The lowest BCUT2D eigenvalue weighted by Gasteiger charge is -2.41. The molecule has 0 saturated heterocycles. The third-order valence-electron chi connectivity index (χ3n) is 6.60. The fourth-order valence-electron chi connectivity index (χ4n) is 4.58. The number of carbonyl (C=O) groups excluding carboxylic acids is 2. The maximum atomic E-state index is 13.6. The predicted octanol–water partition coefficient (Wildman–Crippen LogP) is 4.09. The number of aliphatic hydroxyl groups excluding tert-OH is 3. The summed E-state index contributed by atoms with van der Waals surface area (Å²) in [5.74, 6) is 0.0444. The largest absolute Gasteiger partial charge is 0.493 e. The van der Waals surface area contributed by atoms with E-state index in [4.69, 9.17) is 32.7 Å². The molecule has 0 heterocycles. The number of aliphatic hydroxyl groups is 3. The van der Waals surface area contributed by atoms with Crippen molar-refractivity contribution in [2.24, 2.45) is 5.92 Å². The molecule has 2 aromatic rings. The quantitative estimate of drug-likeness (QED) is 0.243. The van der Waals surface area contributed by atoms with Gasteiger partial charge in [0.15, 0.2) is 11.5 Å². The van der Waals surface area contributed by atoms with Crippen molar-refractivity contribution in [3.63, 3.8) is 0 Å². The molecule has 3 unspecified atom stereocenters. The van der Waals surface area contributed by atoms with Crippen LogP contribution in [-0.4, -0.2) is 70.5 Å². The highest BCUT2D eigenvalue weighted by molar-refractivity contribution is 14.1. The molecule has 2 amide bonds. The second kappa shape index (κ2) is 15.4. The van der Waals surface area contributed by atoms with Crippen LogP contribution in [0.3, 0.4) is 0 Å². The number of rotatable bonds is 12. The van der Waals surface area contributed by atoms with Crippen molar-refractivity contribution in [3.8, 4) is 11.5 Å². The Labute approximate surface area is 263 Å². The molecule has 2 aromatic carbocycles. The second-order valence-electron chi connectivity index (χ2n) is 10.1. The van der Waals surface area contributed by atoms with E-state index in [0.29, 0.717) is 41.8 Å². The molecule has 224 valence electrons. The topological polar surface area (TPSA) is 129 Å². The van der Waals surface area contributed by atoms with Gasteiger partial charge in [0.05, 0.1) is 29.9 Å². The van der Waals surface area contributed by atoms with Crippen LogP contribution in [0.1, 0.15) is 37.8 Å². The number of hydrogen-bond acceptors (Lipinski definition) is 7. The van der Waals surface area contributed by atoms with Crippen LogP contribution >= 0.6 is 45.8 Å². The highest BCUT2D eigenvalue weighted by Crippen LogP contribution is 2.37. The zero-order valence-electron chi connectivity index (χ0n) is 23.1. The lowest BCUT2D eigenvalue weighted by Crippen LogP contribution is -2.55. The minimum Gasteiger partial charge on any atom is -0.493 e. The summed E-state index contributed by atoms with van der Waals surface area (Å²) in [6, 6.07) is 7.50. The van der Waals surface area contributed by atoms with E-state index in [-0.39, 0.29) is 51.0 Å². The van der Waals surface area contributed by atoms with Crippen molar-refractivity contribution in [2.75, 3.05) is 20.3 Å². The third kappa shape index (κ3) is 8.71. The van der Waals surface area contributed by atoms with E-state index < -0.39 is 24.2 Å². The first-order valence-corrected chi connectivity index (χ1v) is 15.0. The summed E-state index contributed by atoms with van der Waals surface area (Å²) >= 11 is 14.6. The summed E-state index contributed by atoms with van der Waals surface area (Å²) in [4.78, 5) is 28.2. The lowest BCUT2D eigenvalue weighted by atomic mass is 9.87. The first-order chi connectivity index (χ1) is 19.5. The van der Waals surface area contributed by atoms with Crippen LogP contribution in [0.25, 0.3) is 0 Å². The number of amides is 2. The van der Waals surface area contributed by atoms with Crippen LogP contribution in [-0.2, 0) is 22.7 Å². The highest BCUT2D eigenvalue weighted by atomic mass is 127. The third-order valence-corrected chi connectivity index (χ3v) is 7.99. The summed E-state index contributed by atoms with van der Waals surface area (Å²) in [5.41, 5.74) is 1.55. The molecule has 0 spiro atoms. The lowest BCUT2D eigenvalue weighted by molar-refractivity contribution is -0.140. The van der Waals surface area contributed by atoms with E-state index in [1.165, 1.54) is 13.2 Å². The molecular formula is C29H35Cl2IN2O7. The van der Waals surface area contributed by atoms with Gasteiger partial charge in [-0.15, -0.1) is 0 Å². The van der Waals surface area contributed by atoms with Gasteiger partial charge in [-0.1, -0.05) is 43.1 Å². The molecule has 0 bridgehead atoms. The molecule has 9 nitrogen and oxygen atoms in total. The van der Waals surface area contributed by atoms with Crippen molar-refractivity contribution in [1.29, 1.82) is 0 Å². The fourth-order valence-corrected chi connectivity index (χ4v) is 5.85. The Hall–Kier alpha value is -2.09. The molecule has 3 atom stereocenters. The van der Waals surface area contributed by atoms with E-state index in [9.17, 15) is 24.9 Å². The summed E-state index contributed by atoms with van der Waals surface area (Å²) in [7, 11) is 1.46. The normalized spacial score (nSPS) is 18.6. The van der Waals surface area contributed by atoms with E-state index in [2.05, 4.69) is 5.32 Å². The van der Waals surface area contributed by atoms with Crippen LogP contribution in [0.5, 0.6) is 11.5 Å². The van der Waals surface area contributed by atoms with Crippen molar-refractivity contribution < 1.29 is 34.4 Å². The minimum absolute atomic E-state index is 0.0391. The number of halogens is 3. The van der Waals surface area contributed by atoms with Gasteiger partial charge in [0.25, 0.3) is 0 Å². The Bertz CT molecular complexity index is 1270. The Morgan fingerprint density at radius 1 is 1.20 bits per heavy atom. The Balaban J connectivity index is 2.07. The van der Waals surface area contributed by atoms with E-state index >= 15 is 0 Å². The zero-order chi connectivity index (χ0) is 30.3. The predicted molar refractivity (Wildman–Crippen MR) is 165 cm³/mol. The number of benzene rings is 2. The molecule has 4 N–H and O–H groups in total. The summed E-state index contributed by atoms with van der Waals surface area (Å²) in [5, 5.41) is 34.0. The maximum Gasteiger partial charge on any atom is 0.247 e. The molecule has 0 fully saturated rings. The molecular weight excluding hydrogens is 686 g/mol. The minimum atomic E-state index is -1.23. The first-order valence-electron chi connectivity index (χ1n) is 13.1. The van der Waals surface area contributed by atoms with Crippen molar-refractivity contribution >= 4 is 57.6 Å². The van der Waals surface area contributed by atoms with Gasteiger partial charge >= 0.3 is 0 Å². The van der Waals surface area contributed by atoms with Gasteiger partial charge in [0, 0.05) is 41.5 Å². The highest BCUT2D eigenvalue weighted by Gasteiger charge is 2.41. The van der Waals surface area contributed by atoms with Crippen LogP contribution in [0, 0.1) is 9.49 Å². The fraction of sp³-hybridized carbons (Fsp3) is 0.448. The number of hydrogen-bond donors (Lipinski definition) is 4. The van der Waals surface area contributed by atoms with Crippen molar-refractivity contribution in [3.05, 3.63) is 66.7 Å². The summed E-state index contributed by atoms with van der Waals surface area (Å²) in [6.45, 7) is 3.52. The molecule has 0 saturated carbocycles. The zero-order valence-corrected chi connectivity index (χ0v) is 26.7. The average molecular weight is 721 g/mol. The van der Waals surface area contributed by atoms with Crippen LogP contribution in [0.4, 0.5) is 0 Å². The van der Waals surface area contributed by atoms with Gasteiger partial charge in [-0.3, -0.25) is 9.59 Å². The number of nitrogens with one attached hydrogen (secondary N) is 1. The van der Waals surface area contributed by atoms with Crippen molar-refractivity contribution in [1.82, 2.24) is 10.2 Å². The van der Waals surface area contributed by atoms with Gasteiger partial charge in [-0.05, 0) is 70.0 Å². The van der Waals surface area contributed by atoms with Gasteiger partial charge in [-0.25, -0.2) is 0 Å². The number of carbonyl (C=O) groups is 2. The molecule has 12 heteroatoms. The second-order valence-corrected chi connectivity index (χ2v) is 12.1. The standard InChI is InChI=1S/C29H35Cl2IN2O7/c1-16(2)8-26(37)34(14-18-4-5-20(30)13-21(18)31)23-11-19(29(39)33-6-7-35)12-24(27(23)38)41-28-22(32)9-17(15-36)10-25(28)40-3/h4-5,9-10,12-13,16,23-24,27,35-36,38H,6-8,11,14-15H2,1-3H3,(H,33,39). The molecule has 1 aliphatic carbocycles. The van der Waals surface area contributed by atoms with Gasteiger partial charge < -0.3 is 35.0 Å². The smallest absolute Gasteiger partial charge is 0.247 e. The van der Waals surface area contributed by atoms with E-state index in [1.54, 1.807) is 35.2 Å². The molecule has 0 aliphatic heterocycles. The van der Waals surface area contributed by atoms with Gasteiger partial charge in [0.1, 0.15) is 12.2 Å². The Morgan fingerprint density at radius 3 is 2.54 bits per heavy atom. The Kier molecular flexibility index (Phi) is 12.6. The average Bonchev–Trinajstić information content (AvgIpc) is 2.92. The number of nitrogens with zero attached hydrogens (tertiary/aromatic N) is 1. The molecule has 1 aliphatic rings. The number of methoxy groups -OCH3 is 1. The van der Waals surface area contributed by atoms with E-state index in [1.807, 2.05) is 36.4 Å². The summed E-state index contributed by atoms with van der Waals surface area (Å²) in [6.07, 6.45) is -0.482. The van der Waals surface area contributed by atoms with Crippen LogP contribution < -0.4 is 14.8 Å². The summed E-state index contributed by atoms with van der Waals surface area (Å²) < 4.78 is 12.4. The van der Waals surface area contributed by atoms with Gasteiger partial charge in [0.2, 0.25) is 11.8 Å². The maximum absolute atomic E-state index is 13.6. The van der Waals surface area contributed by atoms with Crippen LogP contribution in [0.15, 0.2) is 42.0 Å². The molecule has 0 radical (unpaired) electrons. The Morgan fingerprint density at radius 2 is 1.93 bits per heavy atom. The first kappa shape index (κ1) is 33.4. The SMILES string of the molecule is COc1cc(CO)cc(I)c1OC1C=C(C(=O)NCCO)CC(N(Cc2ccc(Cl)cc2Cl)C(=O)CC(C)C)C1O. The van der Waals surface area contributed by atoms with Gasteiger partial charge in [-0.2, -0.15) is 0 Å². The molecule has 0 aromatic heterocycles. The van der Waals surface area contributed by atoms with E-state index in [0.717, 1.165) is 0 Å². The monoisotopic (exact) mass is 720 g/mol.